The minimum absolute atomic E-state index is 0.0886. The Morgan fingerprint density at radius 1 is 0.256 bits per heavy atom. The van der Waals surface area contributed by atoms with E-state index in [-0.39, 0.29) is 31.1 Å². The lowest BCUT2D eigenvalue weighted by Crippen LogP contribution is -2.30. The van der Waals surface area contributed by atoms with Crippen LogP contribution >= 0.6 is 0 Å². The molecule has 82 heavy (non-hydrogen) atoms. The third kappa shape index (κ3) is 66.4. The molecular weight excluding hydrogens is 1010 g/mol. The van der Waals surface area contributed by atoms with E-state index >= 15 is 0 Å². The topological polar surface area (TPSA) is 78.9 Å². The summed E-state index contributed by atoms with van der Waals surface area (Å²) in [5.74, 6) is -0.909. The molecular formula is C76H126O6. The van der Waals surface area contributed by atoms with Crippen molar-refractivity contribution in [3.05, 3.63) is 134 Å². The van der Waals surface area contributed by atoms with Crippen LogP contribution in [0.1, 0.15) is 310 Å². The van der Waals surface area contributed by atoms with E-state index in [4.69, 9.17) is 14.2 Å². The molecule has 0 heterocycles. The van der Waals surface area contributed by atoms with Crippen LogP contribution in [0.3, 0.4) is 0 Å². The standard InChI is InChI=1S/C76H126O6/c1-4-7-10-13-16-19-22-25-28-30-32-33-34-35-36-37-38-39-40-41-42-43-45-46-48-51-54-57-60-63-66-69-75(78)81-72-73(71-80-74(77)68-65-62-59-56-53-50-27-24-21-18-15-12-9-6-3)82-76(79)70-67-64-61-58-55-52-49-47-44-31-29-26-23-20-17-14-11-8-5-2/h7,10,16-17,19-20,25-26,28-29,32-33,35-36,38-39,41-42,44-47,73H,4-6,8-9,11-15,18,21-24,27,30-31,34,37,40,43,48-72H2,1-3H3/b10-7-,19-16-,20-17-,28-25-,29-26-,33-32-,36-35-,39-38-,42-41-,46-45-,47-44-. The number of unbranched alkanes of at least 4 members (excludes halogenated alkanes) is 28. The lowest BCUT2D eigenvalue weighted by Gasteiger charge is -2.18. The van der Waals surface area contributed by atoms with Gasteiger partial charge in [0.15, 0.2) is 6.10 Å². The highest BCUT2D eigenvalue weighted by molar-refractivity contribution is 5.71. The predicted molar refractivity (Wildman–Crippen MR) is 357 cm³/mol. The van der Waals surface area contributed by atoms with Gasteiger partial charge in [0.1, 0.15) is 13.2 Å². The molecule has 0 aromatic rings. The van der Waals surface area contributed by atoms with Gasteiger partial charge >= 0.3 is 17.9 Å². The van der Waals surface area contributed by atoms with Crippen LogP contribution in [0.15, 0.2) is 134 Å². The van der Waals surface area contributed by atoms with Gasteiger partial charge in [-0.15, -0.1) is 0 Å². The molecule has 0 fully saturated rings. The molecule has 0 amide bonds. The quantitative estimate of drug-likeness (QED) is 0.0261. The molecule has 0 aromatic carbocycles. The molecule has 0 aliphatic heterocycles. The summed E-state index contributed by atoms with van der Waals surface area (Å²) < 4.78 is 16.9. The van der Waals surface area contributed by atoms with Crippen molar-refractivity contribution in [2.24, 2.45) is 0 Å². The van der Waals surface area contributed by atoms with Gasteiger partial charge in [-0.3, -0.25) is 14.4 Å². The van der Waals surface area contributed by atoms with Crippen molar-refractivity contribution in [3.8, 4) is 0 Å². The fraction of sp³-hybridized carbons (Fsp3) is 0.671. The molecule has 0 aliphatic carbocycles. The van der Waals surface area contributed by atoms with Gasteiger partial charge in [-0.05, 0) is 122 Å². The van der Waals surface area contributed by atoms with Crippen molar-refractivity contribution in [1.29, 1.82) is 0 Å². The lowest BCUT2D eigenvalue weighted by atomic mass is 10.0. The molecule has 0 aliphatic rings. The summed E-state index contributed by atoms with van der Waals surface area (Å²) in [6.07, 6.45) is 97.4. The van der Waals surface area contributed by atoms with Gasteiger partial charge in [-0.1, -0.05) is 302 Å². The second kappa shape index (κ2) is 69.0. The Balaban J connectivity index is 4.37. The highest BCUT2D eigenvalue weighted by Gasteiger charge is 2.19. The van der Waals surface area contributed by atoms with E-state index < -0.39 is 6.10 Å². The second-order valence-electron chi connectivity index (χ2n) is 22.4. The van der Waals surface area contributed by atoms with Gasteiger partial charge < -0.3 is 14.2 Å². The molecule has 0 radical (unpaired) electrons. The zero-order chi connectivity index (χ0) is 59.2. The Morgan fingerprint density at radius 2 is 0.476 bits per heavy atom. The number of esters is 3. The predicted octanol–water partition coefficient (Wildman–Crippen LogP) is 23.7. The smallest absolute Gasteiger partial charge is 0.306 e. The van der Waals surface area contributed by atoms with Crippen LogP contribution in [-0.2, 0) is 28.6 Å². The highest BCUT2D eigenvalue weighted by Crippen LogP contribution is 2.16. The van der Waals surface area contributed by atoms with Crippen LogP contribution in [0, 0.1) is 0 Å². The van der Waals surface area contributed by atoms with Gasteiger partial charge in [0.2, 0.25) is 0 Å². The van der Waals surface area contributed by atoms with Crippen molar-refractivity contribution >= 4 is 17.9 Å². The molecule has 0 saturated heterocycles. The summed E-state index contributed by atoms with van der Waals surface area (Å²) in [4.78, 5) is 38.4. The Kier molecular flexibility index (Phi) is 65.3. The first-order valence-corrected chi connectivity index (χ1v) is 34.2. The first-order valence-electron chi connectivity index (χ1n) is 34.2. The van der Waals surface area contributed by atoms with Gasteiger partial charge in [-0.2, -0.15) is 0 Å². The minimum Gasteiger partial charge on any atom is -0.462 e. The maximum atomic E-state index is 12.9. The Bertz CT molecular complexity index is 1730. The van der Waals surface area contributed by atoms with Crippen molar-refractivity contribution in [1.82, 2.24) is 0 Å². The third-order valence-corrected chi connectivity index (χ3v) is 14.4. The van der Waals surface area contributed by atoms with E-state index in [1.165, 1.54) is 122 Å². The van der Waals surface area contributed by atoms with Crippen molar-refractivity contribution in [3.63, 3.8) is 0 Å². The summed E-state index contributed by atoms with van der Waals surface area (Å²) in [6.45, 7) is 6.50. The largest absolute Gasteiger partial charge is 0.462 e. The number of carbonyl (C=O) groups is 3. The van der Waals surface area contributed by atoms with Crippen LogP contribution in [-0.4, -0.2) is 37.2 Å². The Labute approximate surface area is 506 Å². The van der Waals surface area contributed by atoms with Crippen LogP contribution in [0.25, 0.3) is 0 Å². The Hall–Kier alpha value is -4.45. The van der Waals surface area contributed by atoms with Gasteiger partial charge in [0.05, 0.1) is 0 Å². The average Bonchev–Trinajstić information content (AvgIpc) is 3.47. The number of hydrogen-bond donors (Lipinski definition) is 0. The monoisotopic (exact) mass is 1130 g/mol. The van der Waals surface area contributed by atoms with Crippen molar-refractivity contribution in [2.75, 3.05) is 13.2 Å². The molecule has 0 bridgehead atoms. The fourth-order valence-corrected chi connectivity index (χ4v) is 9.29. The van der Waals surface area contributed by atoms with Gasteiger partial charge in [0.25, 0.3) is 0 Å². The first kappa shape index (κ1) is 77.5. The number of hydrogen-bond acceptors (Lipinski definition) is 6. The molecule has 6 nitrogen and oxygen atoms in total. The van der Waals surface area contributed by atoms with E-state index in [0.29, 0.717) is 19.3 Å². The number of ether oxygens (including phenoxy) is 3. The SMILES string of the molecule is CC/C=C\C/C=C\C/C=C\C/C=C\C/C=C\C/C=C\C/C=C\C/C=C\CCCCCCCCC(=O)OCC(COC(=O)CCCCCCCCCCCCCCCC)OC(=O)CCCCCCCC/C=C\C/C=C\C/C=C\CCCCC. The van der Waals surface area contributed by atoms with E-state index in [9.17, 15) is 14.4 Å². The zero-order valence-corrected chi connectivity index (χ0v) is 53.5. The molecule has 1 atom stereocenters. The van der Waals surface area contributed by atoms with Crippen LogP contribution in [0.4, 0.5) is 0 Å². The number of rotatable bonds is 61. The first-order chi connectivity index (χ1) is 40.5. The van der Waals surface area contributed by atoms with Crippen molar-refractivity contribution < 1.29 is 28.6 Å². The highest BCUT2D eigenvalue weighted by atomic mass is 16.6. The molecule has 0 saturated carbocycles. The second-order valence-corrected chi connectivity index (χ2v) is 22.4. The summed E-state index contributed by atoms with van der Waals surface area (Å²) in [7, 11) is 0. The lowest BCUT2D eigenvalue weighted by molar-refractivity contribution is -0.167. The third-order valence-electron chi connectivity index (χ3n) is 14.4. The zero-order valence-electron chi connectivity index (χ0n) is 53.5. The molecule has 0 N–H and O–H groups in total. The molecule has 6 heteroatoms. The van der Waals surface area contributed by atoms with Crippen molar-refractivity contribution in [2.45, 2.75) is 316 Å². The summed E-state index contributed by atoms with van der Waals surface area (Å²) in [6, 6.07) is 0. The fourth-order valence-electron chi connectivity index (χ4n) is 9.29. The summed E-state index contributed by atoms with van der Waals surface area (Å²) in [5.41, 5.74) is 0. The van der Waals surface area contributed by atoms with Gasteiger partial charge in [-0.25, -0.2) is 0 Å². The maximum absolute atomic E-state index is 12.9. The molecule has 0 rings (SSSR count). The summed E-state index contributed by atoms with van der Waals surface area (Å²) in [5, 5.41) is 0. The van der Waals surface area contributed by atoms with Crippen LogP contribution in [0.2, 0.25) is 0 Å². The maximum Gasteiger partial charge on any atom is 0.306 e. The molecule has 0 aromatic heterocycles. The number of allylic oxidation sites excluding steroid dienone is 22. The van der Waals surface area contributed by atoms with E-state index in [1.807, 2.05) is 0 Å². The van der Waals surface area contributed by atoms with E-state index in [1.54, 1.807) is 0 Å². The number of carbonyl (C=O) groups excluding carboxylic acids is 3. The Morgan fingerprint density at radius 3 is 0.768 bits per heavy atom. The minimum atomic E-state index is -0.796. The summed E-state index contributed by atoms with van der Waals surface area (Å²) >= 11 is 0. The molecule has 1 unspecified atom stereocenters. The average molecular weight is 1140 g/mol. The molecule has 466 valence electrons. The van der Waals surface area contributed by atoms with Gasteiger partial charge in [0, 0.05) is 19.3 Å². The van der Waals surface area contributed by atoms with E-state index in [2.05, 4.69) is 154 Å². The molecule has 0 spiro atoms. The van der Waals surface area contributed by atoms with Crippen LogP contribution in [0.5, 0.6) is 0 Å². The normalized spacial score (nSPS) is 13.0. The van der Waals surface area contributed by atoms with E-state index in [0.717, 1.165) is 148 Å². The van der Waals surface area contributed by atoms with Crippen LogP contribution < -0.4 is 0 Å².